The summed E-state index contributed by atoms with van der Waals surface area (Å²) in [6.45, 7) is 10.0. The van der Waals surface area contributed by atoms with Gasteiger partial charge < -0.3 is 34.9 Å². The molecule has 31 heavy (non-hydrogen) atoms. The van der Waals surface area contributed by atoms with Gasteiger partial charge in [-0.1, -0.05) is 6.07 Å². The van der Waals surface area contributed by atoms with Crippen LogP contribution in [0.25, 0.3) is 0 Å². The summed E-state index contributed by atoms with van der Waals surface area (Å²) in [5.74, 6) is 2.60. The molecule has 1 aromatic rings. The number of hydrogen-bond donors (Lipinski definition) is 3. The van der Waals surface area contributed by atoms with E-state index in [9.17, 15) is 4.79 Å². The van der Waals surface area contributed by atoms with Gasteiger partial charge in [-0.05, 0) is 46.6 Å². The fourth-order valence-electron chi connectivity index (χ4n) is 2.79. The summed E-state index contributed by atoms with van der Waals surface area (Å²) in [6, 6.07) is 3.84. The minimum Gasteiger partial charge on any atom is -0.493 e. The van der Waals surface area contributed by atoms with Gasteiger partial charge in [-0.3, -0.25) is 4.99 Å². The Labute approximate surface area is 185 Å². The molecule has 176 valence electrons. The van der Waals surface area contributed by atoms with Gasteiger partial charge in [0.05, 0.1) is 21.3 Å². The zero-order valence-electron chi connectivity index (χ0n) is 19.9. The number of alkyl carbamates (subject to hydrolysis) is 1. The molecule has 1 rings (SSSR count). The second kappa shape index (κ2) is 13.5. The lowest BCUT2D eigenvalue weighted by Crippen LogP contribution is -2.38. The number of hydrogen-bond acceptors (Lipinski definition) is 6. The molecule has 0 radical (unpaired) electrons. The van der Waals surface area contributed by atoms with Crippen molar-refractivity contribution in [1.82, 2.24) is 16.0 Å². The summed E-state index contributed by atoms with van der Waals surface area (Å²) in [6.07, 6.45) is 1.01. The molecule has 1 aromatic carbocycles. The van der Waals surface area contributed by atoms with Gasteiger partial charge in [0.2, 0.25) is 5.75 Å². The normalized spacial score (nSPS) is 11.5. The Hall–Kier alpha value is -2.84. The van der Waals surface area contributed by atoms with Crippen molar-refractivity contribution in [3.05, 3.63) is 17.7 Å². The molecule has 0 aliphatic carbocycles. The van der Waals surface area contributed by atoms with Crippen molar-refractivity contribution in [1.29, 1.82) is 0 Å². The van der Waals surface area contributed by atoms with Crippen LogP contribution >= 0.6 is 0 Å². The molecule has 0 unspecified atom stereocenters. The number of carbonyl (C=O) groups excluding carboxylic acids is 1. The third-order valence-corrected chi connectivity index (χ3v) is 4.09. The van der Waals surface area contributed by atoms with Crippen LogP contribution in [0.3, 0.4) is 0 Å². The van der Waals surface area contributed by atoms with Crippen molar-refractivity contribution in [2.24, 2.45) is 4.99 Å². The van der Waals surface area contributed by atoms with Gasteiger partial charge >= 0.3 is 6.09 Å². The number of guanidine groups is 1. The molecule has 0 aromatic heterocycles. The van der Waals surface area contributed by atoms with Crippen LogP contribution in [0.4, 0.5) is 4.79 Å². The first-order valence-electron chi connectivity index (χ1n) is 10.5. The molecule has 9 nitrogen and oxygen atoms in total. The molecule has 0 saturated carbocycles. The molecule has 0 bridgehead atoms. The smallest absolute Gasteiger partial charge is 0.407 e. The molecule has 0 spiro atoms. The number of nitrogens with one attached hydrogen (secondary N) is 3. The maximum atomic E-state index is 11.7. The van der Waals surface area contributed by atoms with Crippen LogP contribution in [-0.2, 0) is 11.2 Å². The van der Waals surface area contributed by atoms with Crippen LogP contribution in [0.1, 0.15) is 39.7 Å². The van der Waals surface area contributed by atoms with Crippen LogP contribution in [0.15, 0.2) is 17.1 Å². The third-order valence-electron chi connectivity index (χ3n) is 4.09. The number of rotatable bonds is 11. The van der Waals surface area contributed by atoms with Gasteiger partial charge in [-0.25, -0.2) is 4.79 Å². The average molecular weight is 439 g/mol. The van der Waals surface area contributed by atoms with E-state index in [0.29, 0.717) is 49.7 Å². The lowest BCUT2D eigenvalue weighted by atomic mass is 10.1. The number of ether oxygens (including phenoxy) is 4. The number of carbonyl (C=O) groups is 1. The summed E-state index contributed by atoms with van der Waals surface area (Å²) in [5, 5.41) is 9.27. The van der Waals surface area contributed by atoms with E-state index >= 15 is 0 Å². The molecule has 0 heterocycles. The van der Waals surface area contributed by atoms with E-state index in [1.807, 2.05) is 39.8 Å². The zero-order chi connectivity index (χ0) is 23.3. The summed E-state index contributed by atoms with van der Waals surface area (Å²) in [5.41, 5.74) is 0.506. The molecular formula is C22H38N4O5. The number of benzene rings is 1. The highest BCUT2D eigenvalue weighted by molar-refractivity contribution is 5.79. The Bertz CT molecular complexity index is 717. The number of methoxy groups -OCH3 is 3. The van der Waals surface area contributed by atoms with Crippen LogP contribution in [-0.4, -0.2) is 65.2 Å². The van der Waals surface area contributed by atoms with E-state index in [0.717, 1.165) is 18.1 Å². The lowest BCUT2D eigenvalue weighted by molar-refractivity contribution is 0.0527. The predicted octanol–water partition coefficient (Wildman–Crippen LogP) is 2.72. The zero-order valence-corrected chi connectivity index (χ0v) is 19.9. The first-order chi connectivity index (χ1) is 14.8. The standard InChI is InChI=1S/C22H38N4O5/c1-8-23-20(24-13-9-14-26-21(27)31-22(2,3)4)25-15-12-16-10-11-17(28-5)19(30-7)18(16)29-6/h10-11H,8-9,12-15H2,1-7H3,(H,26,27)(H2,23,24,25). The molecule has 0 aliphatic heterocycles. The molecule has 0 saturated heterocycles. The molecule has 1 amide bonds. The fourth-order valence-corrected chi connectivity index (χ4v) is 2.79. The van der Waals surface area contributed by atoms with E-state index in [1.165, 1.54) is 0 Å². The molecule has 0 atom stereocenters. The Kier molecular flexibility index (Phi) is 11.4. The Morgan fingerprint density at radius 2 is 1.68 bits per heavy atom. The Morgan fingerprint density at radius 1 is 0.968 bits per heavy atom. The molecule has 0 fully saturated rings. The summed E-state index contributed by atoms with van der Waals surface area (Å²) >= 11 is 0. The third kappa shape index (κ3) is 9.67. The van der Waals surface area contributed by atoms with Crippen LogP contribution in [0.5, 0.6) is 17.2 Å². The van der Waals surface area contributed by atoms with Gasteiger partial charge in [-0.2, -0.15) is 0 Å². The van der Waals surface area contributed by atoms with Crippen molar-refractivity contribution >= 4 is 12.1 Å². The first kappa shape index (κ1) is 26.2. The van der Waals surface area contributed by atoms with Gasteiger partial charge in [0.25, 0.3) is 0 Å². The van der Waals surface area contributed by atoms with Gasteiger partial charge in [0.15, 0.2) is 17.5 Å². The minimum absolute atomic E-state index is 0.412. The largest absolute Gasteiger partial charge is 0.493 e. The highest BCUT2D eigenvalue weighted by Gasteiger charge is 2.16. The van der Waals surface area contributed by atoms with Gasteiger partial charge in [-0.15, -0.1) is 0 Å². The molecule has 3 N–H and O–H groups in total. The van der Waals surface area contributed by atoms with E-state index in [-0.39, 0.29) is 0 Å². The number of amides is 1. The molecular weight excluding hydrogens is 400 g/mol. The molecule has 0 aliphatic rings. The summed E-state index contributed by atoms with van der Waals surface area (Å²) in [7, 11) is 4.81. The quantitative estimate of drug-likeness (QED) is 0.277. The maximum Gasteiger partial charge on any atom is 0.407 e. The highest BCUT2D eigenvalue weighted by Crippen LogP contribution is 2.39. The van der Waals surface area contributed by atoms with Crippen molar-refractivity contribution < 1.29 is 23.7 Å². The second-order valence-electron chi connectivity index (χ2n) is 7.71. The molecule has 9 heteroatoms. The van der Waals surface area contributed by atoms with Crippen LogP contribution in [0, 0.1) is 0 Å². The van der Waals surface area contributed by atoms with Crippen LogP contribution < -0.4 is 30.2 Å². The van der Waals surface area contributed by atoms with Crippen molar-refractivity contribution in [3.63, 3.8) is 0 Å². The van der Waals surface area contributed by atoms with Crippen molar-refractivity contribution in [2.45, 2.75) is 46.1 Å². The van der Waals surface area contributed by atoms with E-state index < -0.39 is 11.7 Å². The Morgan fingerprint density at radius 3 is 2.26 bits per heavy atom. The van der Waals surface area contributed by atoms with E-state index in [2.05, 4.69) is 20.9 Å². The Balaban J connectivity index is 2.54. The monoisotopic (exact) mass is 438 g/mol. The number of nitrogens with zero attached hydrogens (tertiary/aromatic N) is 1. The summed E-state index contributed by atoms with van der Waals surface area (Å²) in [4.78, 5) is 16.2. The topological polar surface area (TPSA) is 102 Å². The second-order valence-corrected chi connectivity index (χ2v) is 7.71. The van der Waals surface area contributed by atoms with E-state index in [1.54, 1.807) is 21.3 Å². The average Bonchev–Trinajstić information content (AvgIpc) is 2.71. The van der Waals surface area contributed by atoms with E-state index in [4.69, 9.17) is 18.9 Å². The number of aliphatic imine (C=N–C) groups is 1. The minimum atomic E-state index is -0.499. The van der Waals surface area contributed by atoms with Crippen molar-refractivity contribution in [3.8, 4) is 17.2 Å². The van der Waals surface area contributed by atoms with Crippen molar-refractivity contribution in [2.75, 3.05) is 47.5 Å². The van der Waals surface area contributed by atoms with Gasteiger partial charge in [0.1, 0.15) is 5.60 Å². The SMILES string of the molecule is CCNC(=NCCCNC(=O)OC(C)(C)C)NCCc1ccc(OC)c(OC)c1OC. The van der Waals surface area contributed by atoms with Crippen LogP contribution in [0.2, 0.25) is 0 Å². The predicted molar refractivity (Wildman–Crippen MR) is 123 cm³/mol. The lowest BCUT2D eigenvalue weighted by Gasteiger charge is -2.19. The maximum absolute atomic E-state index is 11.7. The first-order valence-corrected chi connectivity index (χ1v) is 10.5. The summed E-state index contributed by atoms with van der Waals surface area (Å²) < 4.78 is 21.5. The highest BCUT2D eigenvalue weighted by atomic mass is 16.6. The fraction of sp³-hybridized carbons (Fsp3) is 0.636. The van der Waals surface area contributed by atoms with Gasteiger partial charge in [0, 0.05) is 31.7 Å².